The summed E-state index contributed by atoms with van der Waals surface area (Å²) in [6.45, 7) is 0. The summed E-state index contributed by atoms with van der Waals surface area (Å²) in [5.41, 5.74) is 0. The number of hydrogen-bond acceptors (Lipinski definition) is 4. The molecule has 2 aliphatic carbocycles. The minimum atomic E-state index is -0.860. The molecule has 0 amide bonds. The van der Waals surface area contributed by atoms with Crippen molar-refractivity contribution >= 4 is 17.5 Å². The Bertz CT molecular complexity index is 364. The van der Waals surface area contributed by atoms with Crippen LogP contribution in [0.3, 0.4) is 0 Å². The van der Waals surface area contributed by atoms with Gasteiger partial charge in [-0.2, -0.15) is 0 Å². The molecular formula is C15H22O4. The van der Waals surface area contributed by atoms with E-state index in [0.717, 1.165) is 44.9 Å². The molecule has 0 N–H and O–H groups in total. The average Bonchev–Trinajstić information content (AvgIpc) is 2.85. The normalized spacial score (nSPS) is 21.7. The van der Waals surface area contributed by atoms with Crippen LogP contribution in [0.4, 0.5) is 0 Å². The molecule has 0 radical (unpaired) electrons. The molecule has 2 fully saturated rings. The molecule has 106 valence electrons. The molecule has 1 unspecified atom stereocenters. The van der Waals surface area contributed by atoms with Crippen LogP contribution in [0.25, 0.3) is 0 Å². The maximum absolute atomic E-state index is 12.4. The Morgan fingerprint density at radius 2 is 1.58 bits per heavy atom. The van der Waals surface area contributed by atoms with Crippen LogP contribution in [0.5, 0.6) is 0 Å². The van der Waals surface area contributed by atoms with Crippen LogP contribution in [0.1, 0.15) is 51.4 Å². The number of carbonyl (C=O) groups excluding carboxylic acids is 3. The fourth-order valence-electron chi connectivity index (χ4n) is 3.04. The number of Topliss-reactive ketones (excluding diaryl/α,β-unsaturated/α-hetero) is 2. The van der Waals surface area contributed by atoms with Gasteiger partial charge in [-0.15, -0.1) is 0 Å². The van der Waals surface area contributed by atoms with E-state index in [0.29, 0.717) is 0 Å². The van der Waals surface area contributed by atoms with Crippen molar-refractivity contribution in [2.45, 2.75) is 51.4 Å². The van der Waals surface area contributed by atoms with Crippen LogP contribution in [-0.4, -0.2) is 24.6 Å². The zero-order chi connectivity index (χ0) is 13.8. The maximum atomic E-state index is 12.4. The van der Waals surface area contributed by atoms with Crippen molar-refractivity contribution in [3.05, 3.63) is 0 Å². The van der Waals surface area contributed by atoms with Gasteiger partial charge >= 0.3 is 5.97 Å². The second kappa shape index (κ2) is 6.31. The number of hydrogen-bond donors (Lipinski definition) is 0. The second-order valence-corrected chi connectivity index (χ2v) is 5.76. The molecular weight excluding hydrogens is 244 g/mol. The second-order valence-electron chi connectivity index (χ2n) is 5.76. The van der Waals surface area contributed by atoms with Gasteiger partial charge in [0.2, 0.25) is 0 Å². The number of methoxy groups -OCH3 is 1. The molecule has 2 rings (SSSR count). The summed E-state index contributed by atoms with van der Waals surface area (Å²) in [6, 6.07) is 0. The highest BCUT2D eigenvalue weighted by atomic mass is 16.5. The van der Waals surface area contributed by atoms with Crippen molar-refractivity contribution < 1.29 is 19.1 Å². The van der Waals surface area contributed by atoms with Gasteiger partial charge in [-0.1, -0.05) is 19.3 Å². The number of ether oxygens (including phenoxy) is 1. The minimum absolute atomic E-state index is 0.0432. The van der Waals surface area contributed by atoms with Crippen LogP contribution < -0.4 is 0 Å². The highest BCUT2D eigenvalue weighted by Gasteiger charge is 2.38. The Morgan fingerprint density at radius 3 is 2.05 bits per heavy atom. The number of esters is 1. The Hall–Kier alpha value is -1.19. The predicted octanol–water partition coefficient (Wildman–Crippen LogP) is 2.29. The summed E-state index contributed by atoms with van der Waals surface area (Å²) in [5, 5.41) is 0. The lowest BCUT2D eigenvalue weighted by Crippen LogP contribution is -2.34. The van der Waals surface area contributed by atoms with E-state index in [1.807, 2.05) is 0 Å². The smallest absolute Gasteiger partial charge is 0.316 e. The summed E-state index contributed by atoms with van der Waals surface area (Å²) < 4.78 is 4.71. The van der Waals surface area contributed by atoms with Crippen molar-refractivity contribution in [1.29, 1.82) is 0 Å². The molecule has 0 aliphatic heterocycles. The summed E-state index contributed by atoms with van der Waals surface area (Å²) in [4.78, 5) is 36.2. The molecule has 2 aliphatic rings. The largest absolute Gasteiger partial charge is 0.468 e. The van der Waals surface area contributed by atoms with Crippen LogP contribution in [-0.2, 0) is 19.1 Å². The zero-order valence-corrected chi connectivity index (χ0v) is 11.5. The van der Waals surface area contributed by atoms with E-state index < -0.39 is 11.9 Å². The first-order valence-corrected chi connectivity index (χ1v) is 7.27. The maximum Gasteiger partial charge on any atom is 0.316 e. The number of carbonyl (C=O) groups is 3. The van der Waals surface area contributed by atoms with Crippen LogP contribution >= 0.6 is 0 Å². The van der Waals surface area contributed by atoms with Crippen LogP contribution in [0.15, 0.2) is 0 Å². The topological polar surface area (TPSA) is 60.4 Å². The minimum Gasteiger partial charge on any atom is -0.468 e. The van der Waals surface area contributed by atoms with E-state index in [1.54, 1.807) is 0 Å². The highest BCUT2D eigenvalue weighted by molar-refractivity contribution is 6.03. The molecule has 0 spiro atoms. The van der Waals surface area contributed by atoms with Gasteiger partial charge in [-0.3, -0.25) is 14.4 Å². The fraction of sp³-hybridized carbons (Fsp3) is 0.800. The van der Waals surface area contributed by atoms with Gasteiger partial charge in [0, 0.05) is 18.3 Å². The van der Waals surface area contributed by atoms with E-state index in [9.17, 15) is 14.4 Å². The summed E-state index contributed by atoms with van der Waals surface area (Å²) in [7, 11) is 1.28. The number of ketones is 2. The lowest BCUT2D eigenvalue weighted by molar-refractivity contribution is -0.153. The van der Waals surface area contributed by atoms with Crippen LogP contribution in [0, 0.1) is 17.8 Å². The quantitative estimate of drug-likeness (QED) is 0.546. The van der Waals surface area contributed by atoms with Gasteiger partial charge in [0.05, 0.1) is 7.11 Å². The van der Waals surface area contributed by atoms with Crippen molar-refractivity contribution in [2.75, 3.05) is 7.11 Å². The molecule has 0 saturated heterocycles. The Labute approximate surface area is 113 Å². The molecule has 2 saturated carbocycles. The number of rotatable bonds is 6. The van der Waals surface area contributed by atoms with Gasteiger partial charge in [-0.05, 0) is 25.7 Å². The first-order valence-electron chi connectivity index (χ1n) is 7.27. The van der Waals surface area contributed by atoms with E-state index in [-0.39, 0.29) is 29.8 Å². The van der Waals surface area contributed by atoms with Crippen molar-refractivity contribution in [3.8, 4) is 0 Å². The molecule has 0 aromatic rings. The van der Waals surface area contributed by atoms with E-state index in [2.05, 4.69) is 0 Å². The average molecular weight is 266 g/mol. The standard InChI is InChI=1S/C15H22O4/c1-19-15(18)12(9-13(16)10-7-4-8-10)14(17)11-5-2-3-6-11/h10-12H,2-9H2,1H3. The lowest BCUT2D eigenvalue weighted by Gasteiger charge is -2.25. The van der Waals surface area contributed by atoms with E-state index in [4.69, 9.17) is 4.74 Å². The van der Waals surface area contributed by atoms with Crippen molar-refractivity contribution in [2.24, 2.45) is 17.8 Å². The summed E-state index contributed by atoms with van der Waals surface area (Å²) in [6.07, 6.45) is 6.73. The Kier molecular flexibility index (Phi) is 4.72. The van der Waals surface area contributed by atoms with E-state index in [1.165, 1.54) is 7.11 Å². The van der Waals surface area contributed by atoms with Crippen LogP contribution in [0.2, 0.25) is 0 Å². The van der Waals surface area contributed by atoms with Crippen molar-refractivity contribution in [1.82, 2.24) is 0 Å². The van der Waals surface area contributed by atoms with E-state index >= 15 is 0 Å². The van der Waals surface area contributed by atoms with Gasteiger partial charge in [-0.25, -0.2) is 0 Å². The molecule has 4 heteroatoms. The van der Waals surface area contributed by atoms with Gasteiger partial charge in [0.1, 0.15) is 11.7 Å². The first kappa shape index (κ1) is 14.2. The molecule has 19 heavy (non-hydrogen) atoms. The monoisotopic (exact) mass is 266 g/mol. The van der Waals surface area contributed by atoms with Gasteiger partial charge in [0.15, 0.2) is 5.78 Å². The Balaban J connectivity index is 1.99. The molecule has 0 aromatic carbocycles. The third-order valence-corrected chi connectivity index (χ3v) is 4.55. The lowest BCUT2D eigenvalue weighted by atomic mass is 9.77. The predicted molar refractivity (Wildman–Crippen MR) is 69.4 cm³/mol. The SMILES string of the molecule is COC(=O)C(CC(=O)C1CCC1)C(=O)C1CCCC1. The first-order chi connectivity index (χ1) is 9.13. The Morgan fingerprint density at radius 1 is 1.00 bits per heavy atom. The summed E-state index contributed by atoms with van der Waals surface area (Å²) >= 11 is 0. The van der Waals surface area contributed by atoms with Crippen molar-refractivity contribution in [3.63, 3.8) is 0 Å². The fourth-order valence-corrected chi connectivity index (χ4v) is 3.04. The van der Waals surface area contributed by atoms with Gasteiger partial charge in [0.25, 0.3) is 0 Å². The highest BCUT2D eigenvalue weighted by Crippen LogP contribution is 2.32. The zero-order valence-electron chi connectivity index (χ0n) is 11.5. The summed E-state index contributed by atoms with van der Waals surface area (Å²) in [5.74, 6) is -1.38. The molecule has 4 nitrogen and oxygen atoms in total. The molecule has 0 bridgehead atoms. The third-order valence-electron chi connectivity index (χ3n) is 4.55. The molecule has 0 aromatic heterocycles. The third kappa shape index (κ3) is 3.23. The molecule has 0 heterocycles. The molecule has 1 atom stereocenters. The van der Waals surface area contributed by atoms with Gasteiger partial charge < -0.3 is 4.74 Å².